The molecule has 0 unspecified atom stereocenters. The highest BCUT2D eigenvalue weighted by Gasteiger charge is 2.21. The summed E-state index contributed by atoms with van der Waals surface area (Å²) >= 11 is 0. The fourth-order valence-electron chi connectivity index (χ4n) is 3.63. The van der Waals surface area contributed by atoms with Gasteiger partial charge in [0.05, 0.1) is 21.3 Å². The topological polar surface area (TPSA) is 80.3 Å². The number of carbonyl (C=O) groups excluding carboxylic acids is 2. The van der Waals surface area contributed by atoms with Gasteiger partial charge in [0.15, 0.2) is 5.57 Å². The average Bonchev–Trinajstić information content (AvgIpc) is 2.85. The van der Waals surface area contributed by atoms with E-state index in [1.54, 1.807) is 25.3 Å². The van der Waals surface area contributed by atoms with Crippen molar-refractivity contribution < 1.29 is 28.2 Å². The van der Waals surface area contributed by atoms with Gasteiger partial charge in [0.2, 0.25) is 0 Å². The van der Waals surface area contributed by atoms with Gasteiger partial charge in [-0.05, 0) is 42.5 Å². The first-order chi connectivity index (χ1) is 15.9. The van der Waals surface area contributed by atoms with E-state index in [1.165, 1.54) is 32.6 Å². The van der Waals surface area contributed by atoms with Crippen LogP contribution in [0.3, 0.4) is 0 Å². The van der Waals surface area contributed by atoms with E-state index >= 15 is 0 Å². The maximum absolute atomic E-state index is 13.2. The Bertz CT molecular complexity index is 984. The number of methoxy groups -OCH3 is 3. The first kappa shape index (κ1) is 24.1. The molecule has 8 nitrogen and oxygen atoms in total. The Labute approximate surface area is 192 Å². The second-order valence-electron chi connectivity index (χ2n) is 7.45. The molecule has 2 aromatic carbocycles. The molecular formula is C24H28FN3O5. The minimum absolute atomic E-state index is 0.238. The fourth-order valence-corrected chi connectivity index (χ4v) is 3.63. The Morgan fingerprint density at radius 2 is 1.61 bits per heavy atom. The number of nitrogens with one attached hydrogen (secondary N) is 1. The predicted octanol–water partition coefficient (Wildman–Crippen LogP) is 2.80. The Balaban J connectivity index is 1.67. The van der Waals surface area contributed by atoms with Crippen molar-refractivity contribution in [2.75, 3.05) is 57.7 Å². The molecule has 3 rings (SSSR count). The van der Waals surface area contributed by atoms with E-state index in [0.717, 1.165) is 43.2 Å². The van der Waals surface area contributed by atoms with Crippen molar-refractivity contribution in [1.82, 2.24) is 4.90 Å². The minimum Gasteiger partial charge on any atom is -0.496 e. The Kier molecular flexibility index (Phi) is 8.26. The summed E-state index contributed by atoms with van der Waals surface area (Å²) in [6.07, 6.45) is 1.27. The molecule has 1 fully saturated rings. The van der Waals surface area contributed by atoms with Gasteiger partial charge < -0.3 is 24.4 Å². The van der Waals surface area contributed by atoms with Crippen LogP contribution in [0, 0.1) is 5.82 Å². The van der Waals surface area contributed by atoms with Gasteiger partial charge in [-0.3, -0.25) is 4.90 Å². The average molecular weight is 458 g/mol. The van der Waals surface area contributed by atoms with E-state index in [0.29, 0.717) is 12.2 Å². The van der Waals surface area contributed by atoms with E-state index in [1.807, 2.05) is 12.1 Å². The normalized spacial score (nSPS) is 13.8. The van der Waals surface area contributed by atoms with Crippen LogP contribution in [-0.2, 0) is 25.6 Å². The molecule has 0 aliphatic carbocycles. The van der Waals surface area contributed by atoms with Crippen molar-refractivity contribution in [3.05, 3.63) is 65.6 Å². The molecule has 176 valence electrons. The van der Waals surface area contributed by atoms with Crippen LogP contribution in [0.25, 0.3) is 0 Å². The molecule has 1 aliphatic rings. The largest absolute Gasteiger partial charge is 0.496 e. The third-order valence-electron chi connectivity index (χ3n) is 5.43. The molecule has 1 aliphatic heterocycles. The quantitative estimate of drug-likeness (QED) is 0.281. The highest BCUT2D eigenvalue weighted by Crippen LogP contribution is 2.26. The third kappa shape index (κ3) is 6.23. The molecule has 0 atom stereocenters. The molecule has 0 radical (unpaired) electrons. The van der Waals surface area contributed by atoms with Gasteiger partial charge in [-0.2, -0.15) is 0 Å². The summed E-state index contributed by atoms with van der Waals surface area (Å²) in [5.74, 6) is -1.08. The number of rotatable bonds is 8. The number of hydrogen-bond acceptors (Lipinski definition) is 8. The fraction of sp³-hybridized carbons (Fsp3) is 0.333. The maximum atomic E-state index is 13.2. The number of nitrogens with zero attached hydrogens (tertiary/aromatic N) is 2. The minimum atomic E-state index is -0.790. The van der Waals surface area contributed by atoms with Crippen LogP contribution in [0.5, 0.6) is 5.75 Å². The highest BCUT2D eigenvalue weighted by atomic mass is 19.1. The van der Waals surface area contributed by atoms with Crippen molar-refractivity contribution in [3.63, 3.8) is 0 Å². The summed E-state index contributed by atoms with van der Waals surface area (Å²) in [6.45, 7) is 4.01. The number of halogens is 1. The van der Waals surface area contributed by atoms with Gasteiger partial charge in [0.25, 0.3) is 0 Å². The number of anilines is 2. The summed E-state index contributed by atoms with van der Waals surface area (Å²) in [7, 11) is 4.01. The van der Waals surface area contributed by atoms with Crippen LogP contribution < -0.4 is 15.0 Å². The predicted molar refractivity (Wildman–Crippen MR) is 123 cm³/mol. The molecule has 9 heteroatoms. The zero-order valence-electron chi connectivity index (χ0n) is 19.0. The molecule has 1 saturated heterocycles. The van der Waals surface area contributed by atoms with Crippen molar-refractivity contribution in [2.24, 2.45) is 0 Å². The lowest BCUT2D eigenvalue weighted by atomic mass is 10.1. The van der Waals surface area contributed by atoms with E-state index in [2.05, 4.69) is 24.6 Å². The molecule has 33 heavy (non-hydrogen) atoms. The second-order valence-corrected chi connectivity index (χ2v) is 7.45. The molecule has 2 aromatic rings. The number of esters is 2. The number of carbonyl (C=O) groups is 2. The van der Waals surface area contributed by atoms with E-state index in [4.69, 9.17) is 4.74 Å². The lowest BCUT2D eigenvalue weighted by Crippen LogP contribution is -2.46. The van der Waals surface area contributed by atoms with Crippen LogP contribution in [0.4, 0.5) is 15.8 Å². The smallest absolute Gasteiger partial charge is 0.346 e. The van der Waals surface area contributed by atoms with Crippen LogP contribution in [0.2, 0.25) is 0 Å². The second kappa shape index (κ2) is 11.3. The zero-order valence-corrected chi connectivity index (χ0v) is 19.0. The monoisotopic (exact) mass is 457 g/mol. The molecular weight excluding hydrogens is 429 g/mol. The lowest BCUT2D eigenvalue weighted by molar-refractivity contribution is -0.144. The number of ether oxygens (including phenoxy) is 3. The van der Waals surface area contributed by atoms with Crippen LogP contribution >= 0.6 is 0 Å². The Morgan fingerprint density at radius 1 is 0.970 bits per heavy atom. The van der Waals surface area contributed by atoms with Crippen molar-refractivity contribution in [1.29, 1.82) is 0 Å². The summed E-state index contributed by atoms with van der Waals surface area (Å²) in [5.41, 5.74) is 2.41. The zero-order chi connectivity index (χ0) is 23.8. The van der Waals surface area contributed by atoms with E-state index in [-0.39, 0.29) is 11.4 Å². The summed E-state index contributed by atoms with van der Waals surface area (Å²) < 4.78 is 28.0. The lowest BCUT2D eigenvalue weighted by Gasteiger charge is -2.36. The van der Waals surface area contributed by atoms with Crippen LogP contribution in [-0.4, -0.2) is 64.3 Å². The maximum Gasteiger partial charge on any atom is 0.346 e. The van der Waals surface area contributed by atoms with Crippen molar-refractivity contribution in [3.8, 4) is 5.75 Å². The Hall–Kier alpha value is -3.59. The van der Waals surface area contributed by atoms with Crippen LogP contribution in [0.15, 0.2) is 54.2 Å². The van der Waals surface area contributed by atoms with Gasteiger partial charge in [0.1, 0.15) is 11.6 Å². The number of piperazine rings is 1. The molecule has 0 amide bonds. The van der Waals surface area contributed by atoms with Gasteiger partial charge in [0, 0.05) is 55.9 Å². The highest BCUT2D eigenvalue weighted by molar-refractivity contribution is 6.14. The molecule has 0 bridgehead atoms. The van der Waals surface area contributed by atoms with Gasteiger partial charge in [-0.25, -0.2) is 14.0 Å². The van der Waals surface area contributed by atoms with Crippen LogP contribution in [0.1, 0.15) is 5.56 Å². The van der Waals surface area contributed by atoms with E-state index < -0.39 is 11.9 Å². The van der Waals surface area contributed by atoms with Gasteiger partial charge in [-0.15, -0.1) is 0 Å². The molecule has 1 N–H and O–H groups in total. The van der Waals surface area contributed by atoms with Gasteiger partial charge >= 0.3 is 11.9 Å². The van der Waals surface area contributed by atoms with Crippen molar-refractivity contribution >= 4 is 23.3 Å². The first-order valence-corrected chi connectivity index (χ1v) is 10.5. The van der Waals surface area contributed by atoms with E-state index in [9.17, 15) is 14.0 Å². The summed E-state index contributed by atoms with van der Waals surface area (Å²) in [5, 5.41) is 2.96. The summed E-state index contributed by atoms with van der Waals surface area (Å²) in [4.78, 5) is 28.2. The molecule has 0 spiro atoms. The molecule has 0 saturated carbocycles. The standard InChI is InChI=1S/C24H28FN3O5/c1-31-22-9-6-19(26-15-21(23(29)32-2)24(30)33-3)14-17(22)16-27-10-12-28(13-11-27)20-7-4-18(25)5-8-20/h4-9,14-15,26H,10-13,16H2,1-3H3. The molecule has 0 aromatic heterocycles. The number of hydrogen-bond donors (Lipinski definition) is 1. The molecule has 1 heterocycles. The Morgan fingerprint density at radius 3 is 2.18 bits per heavy atom. The number of benzene rings is 2. The van der Waals surface area contributed by atoms with Gasteiger partial charge in [-0.1, -0.05) is 0 Å². The first-order valence-electron chi connectivity index (χ1n) is 10.5. The SMILES string of the molecule is COC(=O)C(=CNc1ccc(OC)c(CN2CCN(c3ccc(F)cc3)CC2)c1)C(=O)OC. The summed E-state index contributed by atoms with van der Waals surface area (Å²) in [6, 6.07) is 12.1. The van der Waals surface area contributed by atoms with Crippen molar-refractivity contribution in [2.45, 2.75) is 6.54 Å². The third-order valence-corrected chi connectivity index (χ3v) is 5.43.